The lowest BCUT2D eigenvalue weighted by Gasteiger charge is -2.12. The van der Waals surface area contributed by atoms with E-state index in [-0.39, 0.29) is 17.0 Å². The third-order valence-electron chi connectivity index (χ3n) is 2.77. The Bertz CT molecular complexity index is 494. The summed E-state index contributed by atoms with van der Waals surface area (Å²) < 4.78 is 4.94. The van der Waals surface area contributed by atoms with Gasteiger partial charge in [-0.15, -0.1) is 11.8 Å². The molecule has 0 radical (unpaired) electrons. The minimum absolute atomic E-state index is 0.0667. The van der Waals surface area contributed by atoms with E-state index in [2.05, 4.69) is 5.32 Å². The lowest BCUT2D eigenvalue weighted by Crippen LogP contribution is -2.35. The Kier molecular flexibility index (Phi) is 4.39. The summed E-state index contributed by atoms with van der Waals surface area (Å²) in [6, 6.07) is 6.15. The molecule has 102 valence electrons. The van der Waals surface area contributed by atoms with Crippen LogP contribution in [0.5, 0.6) is 0 Å². The van der Waals surface area contributed by atoms with Crippen LogP contribution in [0.1, 0.15) is 17.9 Å². The SMILES string of the molecule is CCOC(=O)[C@@H]1CS[C@H](c2ccccc2[N+](=O)[O-])N1. The zero-order valence-electron chi connectivity index (χ0n) is 10.4. The lowest BCUT2D eigenvalue weighted by atomic mass is 10.1. The number of rotatable bonds is 4. The van der Waals surface area contributed by atoms with Crippen molar-refractivity contribution in [1.82, 2.24) is 5.32 Å². The number of esters is 1. The van der Waals surface area contributed by atoms with Crippen LogP contribution in [-0.2, 0) is 9.53 Å². The van der Waals surface area contributed by atoms with Gasteiger partial charge in [0.05, 0.1) is 22.5 Å². The summed E-state index contributed by atoms with van der Waals surface area (Å²) in [6.07, 6.45) is 0. The van der Waals surface area contributed by atoms with Gasteiger partial charge in [-0.2, -0.15) is 0 Å². The van der Waals surface area contributed by atoms with Crippen molar-refractivity contribution in [2.24, 2.45) is 0 Å². The largest absolute Gasteiger partial charge is 0.465 e. The van der Waals surface area contributed by atoms with Crippen molar-refractivity contribution in [3.8, 4) is 0 Å². The standard InChI is InChI=1S/C12H14N2O4S/c1-2-18-12(15)9-7-19-11(13-9)8-5-3-4-6-10(8)14(16)17/h3-6,9,11,13H,2,7H2,1H3/t9-,11+/m0/s1. The van der Waals surface area contributed by atoms with Crippen LogP contribution in [0.4, 0.5) is 5.69 Å². The van der Waals surface area contributed by atoms with Crippen LogP contribution in [0.3, 0.4) is 0 Å². The van der Waals surface area contributed by atoms with Gasteiger partial charge in [-0.25, -0.2) is 0 Å². The summed E-state index contributed by atoms with van der Waals surface area (Å²) in [4.78, 5) is 22.2. The number of para-hydroxylation sites is 1. The fourth-order valence-corrected chi connectivity index (χ4v) is 3.16. The van der Waals surface area contributed by atoms with Crippen molar-refractivity contribution in [1.29, 1.82) is 0 Å². The fraction of sp³-hybridized carbons (Fsp3) is 0.417. The molecule has 0 saturated carbocycles. The van der Waals surface area contributed by atoms with E-state index >= 15 is 0 Å². The first-order valence-electron chi connectivity index (χ1n) is 5.91. The van der Waals surface area contributed by atoms with Gasteiger partial charge in [0, 0.05) is 11.8 Å². The molecule has 0 amide bonds. The zero-order chi connectivity index (χ0) is 13.8. The Morgan fingerprint density at radius 1 is 1.58 bits per heavy atom. The molecule has 1 aliphatic heterocycles. The molecular weight excluding hydrogens is 268 g/mol. The average molecular weight is 282 g/mol. The van der Waals surface area contributed by atoms with Gasteiger partial charge in [0.25, 0.3) is 5.69 Å². The van der Waals surface area contributed by atoms with Gasteiger partial charge in [0.1, 0.15) is 6.04 Å². The molecule has 0 unspecified atom stereocenters. The molecule has 1 aromatic carbocycles. The van der Waals surface area contributed by atoms with E-state index in [9.17, 15) is 14.9 Å². The van der Waals surface area contributed by atoms with Gasteiger partial charge < -0.3 is 4.74 Å². The van der Waals surface area contributed by atoms with E-state index in [0.717, 1.165) is 0 Å². The van der Waals surface area contributed by atoms with Gasteiger partial charge >= 0.3 is 5.97 Å². The molecule has 1 N–H and O–H groups in total. The molecule has 1 saturated heterocycles. The summed E-state index contributed by atoms with van der Waals surface area (Å²) in [6.45, 7) is 2.08. The van der Waals surface area contributed by atoms with Gasteiger partial charge in [-0.3, -0.25) is 20.2 Å². The topological polar surface area (TPSA) is 81.5 Å². The van der Waals surface area contributed by atoms with Gasteiger partial charge in [-0.1, -0.05) is 12.1 Å². The molecule has 6 nitrogen and oxygen atoms in total. The van der Waals surface area contributed by atoms with Crippen molar-refractivity contribution in [2.75, 3.05) is 12.4 Å². The van der Waals surface area contributed by atoms with E-state index in [1.165, 1.54) is 17.8 Å². The predicted octanol–water partition coefficient (Wildman–Crippen LogP) is 1.86. The molecule has 0 spiro atoms. The maximum absolute atomic E-state index is 11.6. The maximum Gasteiger partial charge on any atom is 0.324 e. The van der Waals surface area contributed by atoms with E-state index in [1.54, 1.807) is 25.1 Å². The molecule has 0 bridgehead atoms. The van der Waals surface area contributed by atoms with Crippen LogP contribution in [0, 0.1) is 10.1 Å². The number of thioether (sulfide) groups is 1. The Balaban J connectivity index is 2.13. The number of ether oxygens (including phenoxy) is 1. The second-order valence-corrected chi connectivity index (χ2v) is 5.14. The minimum atomic E-state index is -0.408. The highest BCUT2D eigenvalue weighted by Crippen LogP contribution is 2.37. The normalized spacial score (nSPS) is 22.2. The monoisotopic (exact) mass is 282 g/mol. The molecule has 1 fully saturated rings. The molecule has 2 rings (SSSR count). The summed E-state index contributed by atoms with van der Waals surface area (Å²) in [7, 11) is 0. The fourth-order valence-electron chi connectivity index (χ4n) is 1.91. The average Bonchev–Trinajstić information content (AvgIpc) is 2.88. The number of nitrogens with one attached hydrogen (secondary N) is 1. The maximum atomic E-state index is 11.6. The Morgan fingerprint density at radius 2 is 2.32 bits per heavy atom. The van der Waals surface area contributed by atoms with E-state index in [1.807, 2.05) is 0 Å². The van der Waals surface area contributed by atoms with Crippen molar-refractivity contribution >= 4 is 23.4 Å². The number of hydrogen-bond donors (Lipinski definition) is 1. The Hall–Kier alpha value is -1.60. The first-order chi connectivity index (χ1) is 9.13. The number of carbonyl (C=O) groups is 1. The summed E-state index contributed by atoms with van der Waals surface area (Å²) in [5.74, 6) is 0.242. The third-order valence-corrected chi connectivity index (χ3v) is 4.02. The van der Waals surface area contributed by atoms with Crippen molar-refractivity contribution in [3.05, 3.63) is 39.9 Å². The molecule has 0 aromatic heterocycles. The van der Waals surface area contributed by atoms with Crippen LogP contribution >= 0.6 is 11.8 Å². The van der Waals surface area contributed by atoms with Crippen molar-refractivity contribution < 1.29 is 14.5 Å². The van der Waals surface area contributed by atoms with E-state index in [4.69, 9.17) is 4.74 Å². The van der Waals surface area contributed by atoms with Crippen LogP contribution < -0.4 is 5.32 Å². The lowest BCUT2D eigenvalue weighted by molar-refractivity contribution is -0.385. The van der Waals surface area contributed by atoms with Crippen molar-refractivity contribution in [3.63, 3.8) is 0 Å². The number of hydrogen-bond acceptors (Lipinski definition) is 6. The first kappa shape index (κ1) is 13.8. The third kappa shape index (κ3) is 3.05. The molecule has 0 aliphatic carbocycles. The first-order valence-corrected chi connectivity index (χ1v) is 6.96. The predicted molar refractivity (Wildman–Crippen MR) is 71.9 cm³/mol. The Labute approximate surface area is 114 Å². The number of nitro groups is 1. The van der Waals surface area contributed by atoms with Crippen molar-refractivity contribution in [2.45, 2.75) is 18.3 Å². The molecule has 2 atom stereocenters. The van der Waals surface area contributed by atoms with Crippen LogP contribution in [-0.4, -0.2) is 29.3 Å². The van der Waals surface area contributed by atoms with Gasteiger partial charge in [-0.05, 0) is 13.0 Å². The van der Waals surface area contributed by atoms with E-state index < -0.39 is 11.0 Å². The number of carbonyl (C=O) groups excluding carboxylic acids is 1. The molecule has 1 aromatic rings. The van der Waals surface area contributed by atoms with Crippen LogP contribution in [0.25, 0.3) is 0 Å². The van der Waals surface area contributed by atoms with Gasteiger partial charge in [0.2, 0.25) is 0 Å². The minimum Gasteiger partial charge on any atom is -0.465 e. The van der Waals surface area contributed by atoms with Gasteiger partial charge in [0.15, 0.2) is 0 Å². The number of nitro benzene ring substituents is 1. The zero-order valence-corrected chi connectivity index (χ0v) is 11.2. The number of nitrogens with zero attached hydrogens (tertiary/aromatic N) is 1. The highest BCUT2D eigenvalue weighted by molar-refractivity contribution is 7.99. The molecule has 1 aliphatic rings. The van der Waals surface area contributed by atoms with Crippen LogP contribution in [0.15, 0.2) is 24.3 Å². The van der Waals surface area contributed by atoms with Crippen LogP contribution in [0.2, 0.25) is 0 Å². The second kappa shape index (κ2) is 6.03. The Morgan fingerprint density at radius 3 is 3.00 bits per heavy atom. The highest BCUT2D eigenvalue weighted by atomic mass is 32.2. The highest BCUT2D eigenvalue weighted by Gasteiger charge is 2.34. The second-order valence-electron chi connectivity index (χ2n) is 4.00. The summed E-state index contributed by atoms with van der Waals surface area (Å²) in [5, 5.41) is 13.8. The smallest absolute Gasteiger partial charge is 0.324 e. The number of benzene rings is 1. The van der Waals surface area contributed by atoms with E-state index in [0.29, 0.717) is 17.9 Å². The quantitative estimate of drug-likeness (QED) is 0.515. The molecule has 19 heavy (non-hydrogen) atoms. The molecular formula is C12H14N2O4S. The molecule has 7 heteroatoms. The summed E-state index contributed by atoms with van der Waals surface area (Å²) in [5.41, 5.74) is 0.654. The molecule has 1 heterocycles. The summed E-state index contributed by atoms with van der Waals surface area (Å²) >= 11 is 1.47.